The van der Waals surface area contributed by atoms with E-state index < -0.39 is 0 Å². The van der Waals surface area contributed by atoms with E-state index in [1.165, 1.54) is 0 Å². The van der Waals surface area contributed by atoms with Gasteiger partial charge in [0, 0.05) is 23.7 Å². The van der Waals surface area contributed by atoms with Gasteiger partial charge in [-0.1, -0.05) is 6.92 Å². The summed E-state index contributed by atoms with van der Waals surface area (Å²) < 4.78 is 0. The predicted octanol–water partition coefficient (Wildman–Crippen LogP) is 2.60. The SMILES string of the molecule is CCC(Cl)CCNc1cc(C)ncn1. The number of hydrogen-bond acceptors (Lipinski definition) is 3. The highest BCUT2D eigenvalue weighted by atomic mass is 35.5. The second-order valence-corrected chi connectivity index (χ2v) is 3.88. The van der Waals surface area contributed by atoms with Gasteiger partial charge in [-0.2, -0.15) is 0 Å². The number of hydrogen-bond donors (Lipinski definition) is 1. The van der Waals surface area contributed by atoms with E-state index in [9.17, 15) is 0 Å². The van der Waals surface area contributed by atoms with E-state index in [1.807, 2.05) is 13.0 Å². The molecular formula is C10H16ClN3. The van der Waals surface area contributed by atoms with E-state index >= 15 is 0 Å². The number of nitrogens with one attached hydrogen (secondary N) is 1. The molecule has 14 heavy (non-hydrogen) atoms. The van der Waals surface area contributed by atoms with Crippen molar-refractivity contribution in [3.05, 3.63) is 18.1 Å². The van der Waals surface area contributed by atoms with Crippen LogP contribution in [0.4, 0.5) is 5.82 Å². The molecular weight excluding hydrogens is 198 g/mol. The minimum atomic E-state index is 0.255. The molecule has 1 unspecified atom stereocenters. The van der Waals surface area contributed by atoms with Crippen LogP contribution in [-0.4, -0.2) is 21.9 Å². The lowest BCUT2D eigenvalue weighted by Gasteiger charge is -2.08. The molecule has 1 aromatic heterocycles. The van der Waals surface area contributed by atoms with Crippen LogP contribution in [0.2, 0.25) is 0 Å². The van der Waals surface area contributed by atoms with Gasteiger partial charge < -0.3 is 5.32 Å². The van der Waals surface area contributed by atoms with E-state index in [0.717, 1.165) is 30.9 Å². The molecule has 4 heteroatoms. The van der Waals surface area contributed by atoms with Crippen LogP contribution in [0.25, 0.3) is 0 Å². The van der Waals surface area contributed by atoms with Crippen LogP contribution in [0.15, 0.2) is 12.4 Å². The fourth-order valence-corrected chi connectivity index (χ4v) is 1.22. The normalized spacial score (nSPS) is 12.5. The van der Waals surface area contributed by atoms with Crippen molar-refractivity contribution in [3.8, 4) is 0 Å². The van der Waals surface area contributed by atoms with Crippen LogP contribution in [0, 0.1) is 6.92 Å². The van der Waals surface area contributed by atoms with Crippen LogP contribution in [0.3, 0.4) is 0 Å². The first kappa shape index (κ1) is 11.2. The Labute approximate surface area is 89.9 Å². The first-order valence-electron chi connectivity index (χ1n) is 4.89. The van der Waals surface area contributed by atoms with Gasteiger partial charge in [-0.3, -0.25) is 0 Å². The third kappa shape index (κ3) is 3.92. The Morgan fingerprint density at radius 3 is 2.93 bits per heavy atom. The molecule has 0 radical (unpaired) electrons. The molecule has 0 aliphatic carbocycles. The van der Waals surface area contributed by atoms with Crippen LogP contribution in [-0.2, 0) is 0 Å². The smallest absolute Gasteiger partial charge is 0.129 e. The second kappa shape index (κ2) is 5.81. The van der Waals surface area contributed by atoms with Crippen LogP contribution >= 0.6 is 11.6 Å². The zero-order chi connectivity index (χ0) is 10.4. The molecule has 0 aromatic carbocycles. The molecule has 0 fully saturated rings. The van der Waals surface area contributed by atoms with Gasteiger partial charge in [0.1, 0.15) is 12.1 Å². The maximum Gasteiger partial charge on any atom is 0.129 e. The Morgan fingerprint density at radius 1 is 1.50 bits per heavy atom. The standard InChI is InChI=1S/C10H16ClN3/c1-3-9(11)4-5-12-10-6-8(2)13-7-14-10/h6-7,9H,3-5H2,1-2H3,(H,12,13,14). The molecule has 1 rings (SSSR count). The quantitative estimate of drug-likeness (QED) is 0.765. The van der Waals surface area contributed by atoms with Crippen molar-refractivity contribution in [2.24, 2.45) is 0 Å². The number of rotatable bonds is 5. The molecule has 0 saturated carbocycles. The zero-order valence-electron chi connectivity index (χ0n) is 8.63. The molecule has 0 spiro atoms. The summed E-state index contributed by atoms with van der Waals surface area (Å²) in [5, 5.41) is 3.47. The molecule has 0 aliphatic heterocycles. The lowest BCUT2D eigenvalue weighted by molar-refractivity contribution is 0.751. The molecule has 1 N–H and O–H groups in total. The van der Waals surface area contributed by atoms with Crippen LogP contribution in [0.5, 0.6) is 0 Å². The maximum absolute atomic E-state index is 5.99. The first-order chi connectivity index (χ1) is 6.72. The van der Waals surface area contributed by atoms with E-state index in [2.05, 4.69) is 22.2 Å². The van der Waals surface area contributed by atoms with Gasteiger partial charge >= 0.3 is 0 Å². The molecule has 78 valence electrons. The monoisotopic (exact) mass is 213 g/mol. The highest BCUT2D eigenvalue weighted by molar-refractivity contribution is 6.20. The summed E-state index contributed by atoms with van der Waals surface area (Å²) in [4.78, 5) is 8.12. The number of alkyl halides is 1. The maximum atomic E-state index is 5.99. The van der Waals surface area contributed by atoms with Crippen molar-refractivity contribution in [2.45, 2.75) is 32.1 Å². The van der Waals surface area contributed by atoms with Gasteiger partial charge in [0.15, 0.2) is 0 Å². The summed E-state index contributed by atoms with van der Waals surface area (Å²) in [5.41, 5.74) is 0.973. The molecule has 3 nitrogen and oxygen atoms in total. The first-order valence-corrected chi connectivity index (χ1v) is 5.32. The molecule has 0 bridgehead atoms. The summed E-state index contributed by atoms with van der Waals surface area (Å²) in [5.74, 6) is 0.873. The number of nitrogens with zero attached hydrogens (tertiary/aromatic N) is 2. The van der Waals surface area contributed by atoms with Gasteiger partial charge in [-0.05, 0) is 19.8 Å². The molecule has 0 aliphatic rings. The van der Waals surface area contributed by atoms with Gasteiger partial charge in [-0.25, -0.2) is 9.97 Å². The van der Waals surface area contributed by atoms with E-state index in [1.54, 1.807) is 6.33 Å². The Hall–Kier alpha value is -0.830. The number of aromatic nitrogens is 2. The molecule has 1 aromatic rings. The second-order valence-electron chi connectivity index (χ2n) is 3.27. The van der Waals surface area contributed by atoms with Gasteiger partial charge in [0.05, 0.1) is 0 Å². The lowest BCUT2D eigenvalue weighted by Crippen LogP contribution is -2.09. The molecule has 0 saturated heterocycles. The number of halogens is 1. The fraction of sp³-hybridized carbons (Fsp3) is 0.600. The van der Waals surface area contributed by atoms with Crippen molar-refractivity contribution >= 4 is 17.4 Å². The van der Waals surface area contributed by atoms with Crippen LogP contribution in [0.1, 0.15) is 25.5 Å². The highest BCUT2D eigenvalue weighted by Crippen LogP contribution is 2.07. The molecule has 1 atom stereocenters. The number of anilines is 1. The molecule has 1 heterocycles. The average molecular weight is 214 g/mol. The van der Waals surface area contributed by atoms with E-state index in [0.29, 0.717) is 0 Å². The Bertz CT molecular complexity index is 278. The highest BCUT2D eigenvalue weighted by Gasteiger charge is 2.00. The average Bonchev–Trinajstić information content (AvgIpc) is 2.17. The van der Waals surface area contributed by atoms with Crippen molar-refractivity contribution in [1.82, 2.24) is 9.97 Å². The zero-order valence-corrected chi connectivity index (χ0v) is 9.38. The van der Waals surface area contributed by atoms with Gasteiger partial charge in [0.2, 0.25) is 0 Å². The largest absolute Gasteiger partial charge is 0.370 e. The van der Waals surface area contributed by atoms with Crippen molar-refractivity contribution in [2.75, 3.05) is 11.9 Å². The summed E-state index contributed by atoms with van der Waals surface area (Å²) in [6, 6.07) is 1.93. The Morgan fingerprint density at radius 2 is 2.29 bits per heavy atom. The predicted molar refractivity (Wildman–Crippen MR) is 59.8 cm³/mol. The van der Waals surface area contributed by atoms with Crippen LogP contribution < -0.4 is 5.32 Å². The molecule has 0 amide bonds. The van der Waals surface area contributed by atoms with E-state index in [4.69, 9.17) is 11.6 Å². The van der Waals surface area contributed by atoms with Gasteiger partial charge in [0.25, 0.3) is 0 Å². The summed E-state index contributed by atoms with van der Waals surface area (Å²) in [6.45, 7) is 4.90. The Balaban J connectivity index is 2.31. The Kier molecular flexibility index (Phi) is 4.66. The fourth-order valence-electron chi connectivity index (χ4n) is 1.11. The summed E-state index contributed by atoms with van der Waals surface area (Å²) in [7, 11) is 0. The summed E-state index contributed by atoms with van der Waals surface area (Å²) >= 11 is 5.99. The van der Waals surface area contributed by atoms with Crippen molar-refractivity contribution in [1.29, 1.82) is 0 Å². The van der Waals surface area contributed by atoms with Crippen molar-refractivity contribution in [3.63, 3.8) is 0 Å². The minimum absolute atomic E-state index is 0.255. The summed E-state index contributed by atoms with van der Waals surface area (Å²) in [6.07, 6.45) is 3.53. The third-order valence-electron chi connectivity index (χ3n) is 2.01. The number of aryl methyl sites for hydroxylation is 1. The minimum Gasteiger partial charge on any atom is -0.370 e. The third-order valence-corrected chi connectivity index (χ3v) is 2.54. The topological polar surface area (TPSA) is 37.8 Å². The lowest BCUT2D eigenvalue weighted by atomic mass is 10.2. The van der Waals surface area contributed by atoms with Gasteiger partial charge in [-0.15, -0.1) is 11.6 Å². The van der Waals surface area contributed by atoms with E-state index in [-0.39, 0.29) is 5.38 Å². The van der Waals surface area contributed by atoms with Crippen molar-refractivity contribution < 1.29 is 0 Å².